The lowest BCUT2D eigenvalue weighted by Crippen LogP contribution is -2.34. The third-order valence-electron chi connectivity index (χ3n) is 4.27. The normalized spacial score (nSPS) is 11.6. The van der Waals surface area contributed by atoms with Gasteiger partial charge >= 0.3 is 0 Å². The van der Waals surface area contributed by atoms with E-state index in [1.807, 2.05) is 44.1 Å². The number of benzene rings is 2. The van der Waals surface area contributed by atoms with Crippen LogP contribution in [0, 0.1) is 0 Å². The number of hydrogen-bond acceptors (Lipinski definition) is 2. The Balaban J connectivity index is 2.15. The van der Waals surface area contributed by atoms with Gasteiger partial charge in [-0.3, -0.25) is 4.79 Å². The summed E-state index contributed by atoms with van der Waals surface area (Å²) in [6.45, 7) is 1.87. The number of anilines is 1. The van der Waals surface area contributed by atoms with Crippen molar-refractivity contribution in [3.63, 3.8) is 0 Å². The Morgan fingerprint density at radius 3 is 2.12 bits per heavy atom. The summed E-state index contributed by atoms with van der Waals surface area (Å²) in [5.74, 6) is -0.251. The van der Waals surface area contributed by atoms with Crippen molar-refractivity contribution in [2.75, 3.05) is 19.0 Å². The number of hydrogen-bond donors (Lipinski definition) is 1. The van der Waals surface area contributed by atoms with Gasteiger partial charge in [0.2, 0.25) is 0 Å². The van der Waals surface area contributed by atoms with Crippen molar-refractivity contribution in [3.8, 4) is 0 Å². The molecular weight excluding hydrogens is 334 g/mol. The first-order valence-electron chi connectivity index (χ1n) is 8.60. The fraction of sp³-hybridized carbons (Fsp3) is 0.286. The quantitative estimate of drug-likeness (QED) is 0.759. The van der Waals surface area contributed by atoms with Crippen LogP contribution in [0.5, 0.6) is 0 Å². The highest BCUT2D eigenvalue weighted by molar-refractivity contribution is 5.94. The molecule has 0 fully saturated rings. The highest BCUT2D eigenvalue weighted by Gasteiger charge is 2.18. The molecule has 0 aromatic heterocycles. The maximum absolute atomic E-state index is 13.6. The van der Waals surface area contributed by atoms with Crippen molar-refractivity contribution in [3.05, 3.63) is 71.8 Å². The number of rotatable bonds is 7. The maximum Gasteiger partial charge on any atom is 0.274 e. The summed E-state index contributed by atoms with van der Waals surface area (Å²) in [7, 11) is 3.79. The average molecular weight is 358 g/mol. The second kappa shape index (κ2) is 9.13. The van der Waals surface area contributed by atoms with Crippen molar-refractivity contribution < 1.29 is 13.6 Å². The highest BCUT2D eigenvalue weighted by Crippen LogP contribution is 2.28. The van der Waals surface area contributed by atoms with E-state index < -0.39 is 6.08 Å². The molecule has 1 N–H and O–H groups in total. The van der Waals surface area contributed by atoms with Crippen molar-refractivity contribution in [1.82, 2.24) is 5.32 Å². The number of halogens is 2. The van der Waals surface area contributed by atoms with Crippen LogP contribution >= 0.6 is 0 Å². The zero-order valence-corrected chi connectivity index (χ0v) is 15.3. The predicted octanol–water partition coefficient (Wildman–Crippen LogP) is 4.96. The maximum atomic E-state index is 13.6. The van der Waals surface area contributed by atoms with Gasteiger partial charge in [0.25, 0.3) is 12.0 Å². The van der Waals surface area contributed by atoms with Crippen molar-refractivity contribution in [2.45, 2.75) is 25.8 Å². The monoisotopic (exact) mass is 358 g/mol. The Hall–Kier alpha value is -2.69. The molecule has 2 aromatic carbocycles. The minimum atomic E-state index is -1.71. The Bertz CT molecular complexity index is 751. The van der Waals surface area contributed by atoms with Gasteiger partial charge in [0, 0.05) is 37.0 Å². The van der Waals surface area contributed by atoms with Crippen LogP contribution in [0.15, 0.2) is 60.7 Å². The van der Waals surface area contributed by atoms with Crippen LogP contribution in [0.1, 0.15) is 35.7 Å². The SMILES string of the molecule is CCC(CC(=C(F)F)c1ccc(N(C)C)cc1)NC(=O)c1ccccc1. The Labute approximate surface area is 153 Å². The van der Waals surface area contributed by atoms with Gasteiger partial charge in [-0.2, -0.15) is 8.78 Å². The summed E-state index contributed by atoms with van der Waals surface area (Å²) >= 11 is 0. The van der Waals surface area contributed by atoms with E-state index >= 15 is 0 Å². The first kappa shape index (κ1) is 19.6. The first-order chi connectivity index (χ1) is 12.4. The van der Waals surface area contributed by atoms with Gasteiger partial charge in [-0.05, 0) is 42.7 Å². The van der Waals surface area contributed by atoms with E-state index in [0.717, 1.165) is 5.69 Å². The number of carbonyl (C=O) groups excluding carboxylic acids is 1. The molecule has 0 bridgehead atoms. The molecule has 0 aliphatic heterocycles. The molecule has 0 spiro atoms. The molecule has 2 rings (SSSR count). The van der Waals surface area contributed by atoms with E-state index in [1.165, 1.54) is 0 Å². The number of carbonyl (C=O) groups is 1. The summed E-state index contributed by atoms with van der Waals surface area (Å²) in [6, 6.07) is 15.4. The summed E-state index contributed by atoms with van der Waals surface area (Å²) in [4.78, 5) is 14.2. The lowest BCUT2D eigenvalue weighted by molar-refractivity contribution is 0.0936. The van der Waals surface area contributed by atoms with Crippen LogP contribution in [0.25, 0.3) is 5.57 Å². The third kappa shape index (κ3) is 5.15. The average Bonchev–Trinajstić information content (AvgIpc) is 2.65. The molecular formula is C21H24F2N2O. The first-order valence-corrected chi connectivity index (χ1v) is 8.60. The third-order valence-corrected chi connectivity index (χ3v) is 4.27. The van der Waals surface area contributed by atoms with Crippen LogP contribution in [0.4, 0.5) is 14.5 Å². The van der Waals surface area contributed by atoms with E-state index in [-0.39, 0.29) is 23.9 Å². The molecule has 1 unspecified atom stereocenters. The van der Waals surface area contributed by atoms with Crippen molar-refractivity contribution in [2.24, 2.45) is 0 Å². The molecule has 138 valence electrons. The summed E-state index contributed by atoms with van der Waals surface area (Å²) in [5, 5.41) is 2.85. The molecule has 2 aromatic rings. The number of nitrogens with one attached hydrogen (secondary N) is 1. The van der Waals surface area contributed by atoms with Gasteiger partial charge in [-0.1, -0.05) is 37.3 Å². The molecule has 0 saturated heterocycles. The number of amides is 1. The van der Waals surface area contributed by atoms with E-state index in [1.54, 1.807) is 36.4 Å². The molecule has 5 heteroatoms. The standard InChI is InChI=1S/C21H24F2N2O/c1-4-17(24-21(26)16-8-6-5-7-9-16)14-19(20(22)23)15-10-12-18(13-11-15)25(2)3/h5-13,17H,4,14H2,1-3H3,(H,24,26). The van der Waals surface area contributed by atoms with Gasteiger partial charge in [0.05, 0.1) is 0 Å². The minimum Gasteiger partial charge on any atom is -0.378 e. The molecule has 3 nitrogen and oxygen atoms in total. The molecule has 0 aliphatic carbocycles. The second-order valence-electron chi connectivity index (χ2n) is 6.33. The lowest BCUT2D eigenvalue weighted by Gasteiger charge is -2.19. The topological polar surface area (TPSA) is 32.3 Å². The fourth-order valence-electron chi connectivity index (χ4n) is 2.67. The van der Waals surface area contributed by atoms with E-state index in [4.69, 9.17) is 0 Å². The molecule has 26 heavy (non-hydrogen) atoms. The molecule has 0 aliphatic rings. The van der Waals surface area contributed by atoms with Crippen LogP contribution < -0.4 is 10.2 Å². The van der Waals surface area contributed by atoms with Crippen molar-refractivity contribution >= 4 is 17.2 Å². The summed E-state index contributed by atoms with van der Waals surface area (Å²) in [5.41, 5.74) is 1.91. The Morgan fingerprint density at radius 2 is 1.62 bits per heavy atom. The van der Waals surface area contributed by atoms with Gasteiger partial charge in [-0.25, -0.2) is 0 Å². The second-order valence-corrected chi connectivity index (χ2v) is 6.33. The van der Waals surface area contributed by atoms with Crippen LogP contribution in [-0.2, 0) is 0 Å². The van der Waals surface area contributed by atoms with Crippen LogP contribution in [0.2, 0.25) is 0 Å². The Morgan fingerprint density at radius 1 is 1.00 bits per heavy atom. The largest absolute Gasteiger partial charge is 0.378 e. The van der Waals surface area contributed by atoms with E-state index in [9.17, 15) is 13.6 Å². The highest BCUT2D eigenvalue weighted by atomic mass is 19.3. The van der Waals surface area contributed by atoms with Crippen LogP contribution in [0.3, 0.4) is 0 Å². The summed E-state index contributed by atoms with van der Waals surface area (Å²) < 4.78 is 27.1. The minimum absolute atomic E-state index is 0.0319. The molecule has 1 atom stereocenters. The summed E-state index contributed by atoms with van der Waals surface area (Å²) in [6.07, 6.45) is -1.07. The lowest BCUT2D eigenvalue weighted by atomic mass is 9.97. The molecule has 1 amide bonds. The van der Waals surface area contributed by atoms with Gasteiger partial charge in [0.15, 0.2) is 0 Å². The number of nitrogens with zero attached hydrogens (tertiary/aromatic N) is 1. The van der Waals surface area contributed by atoms with Gasteiger partial charge in [-0.15, -0.1) is 0 Å². The Kier molecular flexibility index (Phi) is 6.89. The van der Waals surface area contributed by atoms with Gasteiger partial charge in [0.1, 0.15) is 0 Å². The molecule has 0 saturated carbocycles. The fourth-order valence-corrected chi connectivity index (χ4v) is 2.67. The zero-order valence-electron chi connectivity index (χ0n) is 15.3. The predicted molar refractivity (Wildman–Crippen MR) is 103 cm³/mol. The molecule has 0 heterocycles. The van der Waals surface area contributed by atoms with E-state index in [2.05, 4.69) is 5.32 Å². The smallest absolute Gasteiger partial charge is 0.274 e. The van der Waals surface area contributed by atoms with Crippen LogP contribution in [-0.4, -0.2) is 26.0 Å². The molecule has 0 radical (unpaired) electrons. The van der Waals surface area contributed by atoms with Gasteiger partial charge < -0.3 is 10.2 Å². The van der Waals surface area contributed by atoms with E-state index in [0.29, 0.717) is 17.5 Å². The zero-order chi connectivity index (χ0) is 19.1. The van der Waals surface area contributed by atoms with Crippen molar-refractivity contribution in [1.29, 1.82) is 0 Å².